The molecule has 1 fully saturated rings. The number of unbranched alkanes of at least 4 members (excludes halogenated alkanes) is 2. The van der Waals surface area contributed by atoms with E-state index in [1.807, 2.05) is 38.1 Å². The van der Waals surface area contributed by atoms with Crippen LogP contribution in [0.5, 0.6) is 5.75 Å². The average molecular weight is 519 g/mol. The van der Waals surface area contributed by atoms with E-state index in [0.717, 1.165) is 49.1 Å². The van der Waals surface area contributed by atoms with Crippen LogP contribution >= 0.6 is 0 Å². The van der Waals surface area contributed by atoms with E-state index in [1.54, 1.807) is 30.3 Å². The lowest BCUT2D eigenvalue weighted by molar-refractivity contribution is -0.140. The first-order valence-electron chi connectivity index (χ1n) is 13.6. The summed E-state index contributed by atoms with van der Waals surface area (Å²) in [6.45, 7) is 7.88. The maximum absolute atomic E-state index is 12.6. The smallest absolute Gasteiger partial charge is 0.330 e. The largest absolute Gasteiger partial charge is 0.462 e. The molecule has 4 N–H and O–H groups in total. The van der Waals surface area contributed by atoms with Crippen LogP contribution in [0.2, 0.25) is 0 Å². The van der Waals surface area contributed by atoms with E-state index in [4.69, 9.17) is 20.9 Å². The Kier molecular flexibility index (Phi) is 10.6. The van der Waals surface area contributed by atoms with Crippen LogP contribution in [0, 0.1) is 11.8 Å². The minimum absolute atomic E-state index is 0.0263. The molecule has 204 valence electrons. The molecule has 2 aromatic rings. The third kappa shape index (κ3) is 8.79. The first-order valence-corrected chi connectivity index (χ1v) is 13.6. The van der Waals surface area contributed by atoms with Gasteiger partial charge >= 0.3 is 11.9 Å². The van der Waals surface area contributed by atoms with Crippen molar-refractivity contribution in [2.24, 2.45) is 11.8 Å². The zero-order valence-electron chi connectivity index (χ0n) is 22.8. The number of esters is 2. The molecule has 0 amide bonds. The SMILES string of the molecule is C=CCCCCC1CCC(C(=O)Oc2ccc(/C=C/C(=O)OCC(C)(C)c3ccc(N)cc3N)cc2)CC1. The molecule has 1 saturated carbocycles. The molecule has 0 radical (unpaired) electrons. The molecule has 0 saturated heterocycles. The standard InChI is InChI=1S/C32H42N2O4/c1-4-5-6-7-8-23-9-14-25(15-10-23)31(36)38-27-17-11-24(12-18-27)13-20-30(35)37-22-32(2,3)28-19-16-26(33)21-29(28)34/h4,11-13,16-21,23,25H,1,5-10,14-15,22,33-34H2,2-3H3/b20-13+. The third-order valence-corrected chi connectivity index (χ3v) is 7.34. The fourth-order valence-electron chi connectivity index (χ4n) is 4.99. The number of benzene rings is 2. The molecule has 0 aliphatic heterocycles. The van der Waals surface area contributed by atoms with E-state index >= 15 is 0 Å². The summed E-state index contributed by atoms with van der Waals surface area (Å²) in [6, 6.07) is 12.5. The van der Waals surface area contributed by atoms with Crippen LogP contribution in [-0.2, 0) is 19.7 Å². The summed E-state index contributed by atoms with van der Waals surface area (Å²) in [5.74, 6) is 0.625. The van der Waals surface area contributed by atoms with Gasteiger partial charge in [-0.25, -0.2) is 4.79 Å². The average Bonchev–Trinajstić information content (AvgIpc) is 2.89. The third-order valence-electron chi connectivity index (χ3n) is 7.34. The Balaban J connectivity index is 1.42. The molecule has 1 aliphatic rings. The van der Waals surface area contributed by atoms with Crippen molar-refractivity contribution in [3.8, 4) is 5.75 Å². The first kappa shape index (κ1) is 29.0. The fourth-order valence-corrected chi connectivity index (χ4v) is 4.99. The molecule has 0 spiro atoms. The number of ether oxygens (including phenoxy) is 2. The lowest BCUT2D eigenvalue weighted by Crippen LogP contribution is -2.27. The normalized spacial score (nSPS) is 17.7. The maximum Gasteiger partial charge on any atom is 0.330 e. The van der Waals surface area contributed by atoms with Crippen molar-refractivity contribution in [2.45, 2.75) is 70.6 Å². The lowest BCUT2D eigenvalue weighted by atomic mass is 9.80. The highest BCUT2D eigenvalue weighted by molar-refractivity contribution is 5.87. The molecular weight excluding hydrogens is 476 g/mol. The van der Waals surface area contributed by atoms with E-state index in [-0.39, 0.29) is 18.5 Å². The molecule has 0 unspecified atom stereocenters. The predicted octanol–water partition coefficient (Wildman–Crippen LogP) is 6.84. The number of allylic oxidation sites excluding steroid dienone is 1. The summed E-state index contributed by atoms with van der Waals surface area (Å²) in [7, 11) is 0. The van der Waals surface area contributed by atoms with E-state index in [9.17, 15) is 9.59 Å². The monoisotopic (exact) mass is 518 g/mol. The van der Waals surface area contributed by atoms with Gasteiger partial charge in [-0.05, 0) is 85.9 Å². The highest BCUT2D eigenvalue weighted by atomic mass is 16.5. The number of carbonyl (C=O) groups is 2. The van der Waals surface area contributed by atoms with Crippen LogP contribution in [0.4, 0.5) is 11.4 Å². The van der Waals surface area contributed by atoms with Crippen molar-refractivity contribution in [2.75, 3.05) is 18.1 Å². The second kappa shape index (κ2) is 13.8. The second-order valence-electron chi connectivity index (χ2n) is 11.0. The molecule has 0 atom stereocenters. The highest BCUT2D eigenvalue weighted by Gasteiger charge is 2.27. The van der Waals surface area contributed by atoms with Crippen molar-refractivity contribution in [1.82, 2.24) is 0 Å². The number of rotatable bonds is 12. The van der Waals surface area contributed by atoms with Crippen LogP contribution in [-0.4, -0.2) is 18.5 Å². The van der Waals surface area contributed by atoms with Gasteiger partial charge in [-0.3, -0.25) is 4.79 Å². The number of nitrogen functional groups attached to an aromatic ring is 2. The Morgan fingerprint density at radius 1 is 1.03 bits per heavy atom. The van der Waals surface area contributed by atoms with Gasteiger partial charge in [0.15, 0.2) is 0 Å². The minimum Gasteiger partial charge on any atom is -0.462 e. The van der Waals surface area contributed by atoms with Gasteiger partial charge in [0, 0.05) is 22.9 Å². The zero-order valence-corrected chi connectivity index (χ0v) is 22.8. The quantitative estimate of drug-likeness (QED) is 0.0796. The lowest BCUT2D eigenvalue weighted by Gasteiger charge is -2.27. The fraction of sp³-hybridized carbons (Fsp3) is 0.438. The second-order valence-corrected chi connectivity index (χ2v) is 11.0. The summed E-state index contributed by atoms with van der Waals surface area (Å²) in [6.07, 6.45) is 13.8. The summed E-state index contributed by atoms with van der Waals surface area (Å²) in [5.41, 5.74) is 14.3. The van der Waals surface area contributed by atoms with Crippen molar-refractivity contribution < 1.29 is 19.1 Å². The number of nitrogens with two attached hydrogens (primary N) is 2. The first-order chi connectivity index (χ1) is 18.2. The molecule has 38 heavy (non-hydrogen) atoms. The van der Waals surface area contributed by atoms with E-state index < -0.39 is 11.4 Å². The van der Waals surface area contributed by atoms with Gasteiger partial charge < -0.3 is 20.9 Å². The van der Waals surface area contributed by atoms with Crippen molar-refractivity contribution in [3.63, 3.8) is 0 Å². The molecule has 1 aliphatic carbocycles. The molecule has 3 rings (SSSR count). The Bertz CT molecular complexity index is 1110. The van der Waals surface area contributed by atoms with Crippen molar-refractivity contribution >= 4 is 29.4 Å². The topological polar surface area (TPSA) is 105 Å². The van der Waals surface area contributed by atoms with Gasteiger partial charge in [-0.1, -0.05) is 51.0 Å². The van der Waals surface area contributed by atoms with Crippen LogP contribution < -0.4 is 16.2 Å². The van der Waals surface area contributed by atoms with E-state index in [0.29, 0.717) is 17.1 Å². The van der Waals surface area contributed by atoms with Crippen LogP contribution in [0.25, 0.3) is 6.08 Å². The molecule has 2 aromatic carbocycles. The molecule has 0 heterocycles. The van der Waals surface area contributed by atoms with E-state index in [2.05, 4.69) is 6.58 Å². The van der Waals surface area contributed by atoms with Gasteiger partial charge in [0.25, 0.3) is 0 Å². The Morgan fingerprint density at radius 3 is 2.39 bits per heavy atom. The molecular formula is C32H42N2O4. The summed E-state index contributed by atoms with van der Waals surface area (Å²) in [5, 5.41) is 0. The van der Waals surface area contributed by atoms with Crippen molar-refractivity contribution in [1.29, 1.82) is 0 Å². The zero-order chi connectivity index (χ0) is 27.5. The van der Waals surface area contributed by atoms with Gasteiger partial charge in [-0.2, -0.15) is 0 Å². The molecule has 0 aromatic heterocycles. The van der Waals surface area contributed by atoms with Crippen molar-refractivity contribution in [3.05, 3.63) is 72.3 Å². The molecule has 0 bridgehead atoms. The van der Waals surface area contributed by atoms with Crippen LogP contribution in [0.15, 0.2) is 61.2 Å². The molecule has 6 heteroatoms. The van der Waals surface area contributed by atoms with Gasteiger partial charge in [0.05, 0.1) is 5.92 Å². The molecule has 6 nitrogen and oxygen atoms in total. The van der Waals surface area contributed by atoms with E-state index in [1.165, 1.54) is 25.3 Å². The van der Waals surface area contributed by atoms with Crippen LogP contribution in [0.1, 0.15) is 76.3 Å². The Labute approximate surface area is 227 Å². The summed E-state index contributed by atoms with van der Waals surface area (Å²) in [4.78, 5) is 24.9. The van der Waals surface area contributed by atoms with Crippen LogP contribution in [0.3, 0.4) is 0 Å². The van der Waals surface area contributed by atoms with Gasteiger partial charge in [-0.15, -0.1) is 6.58 Å². The Hall–Kier alpha value is -3.54. The number of hydrogen-bond acceptors (Lipinski definition) is 6. The maximum atomic E-state index is 12.6. The number of hydrogen-bond donors (Lipinski definition) is 2. The highest BCUT2D eigenvalue weighted by Crippen LogP contribution is 2.33. The number of anilines is 2. The van der Waals surface area contributed by atoms with Gasteiger partial charge in [0.2, 0.25) is 0 Å². The number of carbonyl (C=O) groups excluding carboxylic acids is 2. The minimum atomic E-state index is -0.461. The Morgan fingerprint density at radius 2 is 1.74 bits per heavy atom. The summed E-state index contributed by atoms with van der Waals surface area (Å²) >= 11 is 0. The predicted molar refractivity (Wildman–Crippen MR) is 154 cm³/mol. The summed E-state index contributed by atoms with van der Waals surface area (Å²) < 4.78 is 11.1. The van der Waals surface area contributed by atoms with Gasteiger partial charge in [0.1, 0.15) is 12.4 Å².